The van der Waals surface area contributed by atoms with Gasteiger partial charge in [-0.1, -0.05) is 18.9 Å². The average molecular weight is 279 g/mol. The summed E-state index contributed by atoms with van der Waals surface area (Å²) in [5.74, 6) is -0.00114. The fourth-order valence-electron chi connectivity index (χ4n) is 3.81. The average Bonchev–Trinajstić information content (AvgIpc) is 3.03. The highest BCUT2D eigenvalue weighted by Crippen LogP contribution is 2.39. The number of nitrogens with zero attached hydrogens (tertiary/aromatic N) is 1. The van der Waals surface area contributed by atoms with Crippen molar-refractivity contribution >= 4 is 17.3 Å². The molecule has 1 saturated carbocycles. The topological polar surface area (TPSA) is 40.5 Å². The third kappa shape index (κ3) is 2.70. The van der Waals surface area contributed by atoms with Crippen LogP contribution in [0.15, 0.2) is 17.5 Å². The first-order valence-corrected chi connectivity index (χ1v) is 8.14. The first-order chi connectivity index (χ1) is 9.25. The highest BCUT2D eigenvalue weighted by atomic mass is 32.1. The van der Waals surface area contributed by atoms with E-state index < -0.39 is 5.97 Å². The van der Waals surface area contributed by atoms with Crippen LogP contribution in [0.4, 0.5) is 0 Å². The number of hydrogen-bond donors (Lipinski definition) is 1. The molecular weight excluding hydrogens is 258 g/mol. The molecule has 1 aromatic heterocycles. The molecule has 0 spiro atoms. The molecule has 2 heterocycles. The molecule has 2 aliphatic rings. The molecule has 0 aromatic carbocycles. The van der Waals surface area contributed by atoms with Gasteiger partial charge in [-0.2, -0.15) is 0 Å². The molecule has 0 bridgehead atoms. The summed E-state index contributed by atoms with van der Waals surface area (Å²) in [4.78, 5) is 15.1. The molecular formula is C15H21NO2S. The third-order valence-electron chi connectivity index (χ3n) is 4.70. The summed E-state index contributed by atoms with van der Waals surface area (Å²) in [5, 5.41) is 11.5. The fraction of sp³-hybridized carbons (Fsp3) is 0.667. The number of thiophene rings is 1. The van der Waals surface area contributed by atoms with Gasteiger partial charge in [0.15, 0.2) is 0 Å². The van der Waals surface area contributed by atoms with Crippen LogP contribution in [-0.2, 0) is 11.2 Å². The maximum atomic E-state index is 11.5. The van der Waals surface area contributed by atoms with Gasteiger partial charge in [-0.15, -0.1) is 11.3 Å². The number of likely N-dealkylation sites (tertiary alicyclic amines) is 1. The second-order valence-corrected chi connectivity index (χ2v) is 6.80. The van der Waals surface area contributed by atoms with Crippen LogP contribution < -0.4 is 0 Å². The van der Waals surface area contributed by atoms with Gasteiger partial charge >= 0.3 is 5.97 Å². The second kappa shape index (κ2) is 5.63. The van der Waals surface area contributed by atoms with Crippen LogP contribution in [0, 0.1) is 5.92 Å². The standard InChI is InChI=1S/C15H21NO2S/c17-15(18)14-10-11-4-1-2-6-13(11)16(14)8-7-12-5-3-9-19-12/h3,5,9,11,13-14H,1-2,4,6-8,10H2,(H,17,18)/t11-,13-,14-/m0/s1. The summed E-state index contributed by atoms with van der Waals surface area (Å²) >= 11 is 1.77. The highest BCUT2D eigenvalue weighted by Gasteiger charge is 2.44. The predicted octanol–water partition coefficient (Wildman–Crippen LogP) is 3.01. The number of aliphatic carboxylic acids is 1. The Bertz CT molecular complexity index is 431. The first kappa shape index (κ1) is 13.1. The number of carboxylic acids is 1. The second-order valence-electron chi connectivity index (χ2n) is 5.77. The number of rotatable bonds is 4. The lowest BCUT2D eigenvalue weighted by atomic mass is 9.85. The Morgan fingerprint density at radius 2 is 2.26 bits per heavy atom. The van der Waals surface area contributed by atoms with Crippen LogP contribution in [0.1, 0.15) is 37.0 Å². The van der Waals surface area contributed by atoms with Crippen molar-refractivity contribution in [3.8, 4) is 0 Å². The largest absolute Gasteiger partial charge is 0.480 e. The van der Waals surface area contributed by atoms with Gasteiger partial charge in [0.05, 0.1) is 0 Å². The minimum Gasteiger partial charge on any atom is -0.480 e. The van der Waals surface area contributed by atoms with Crippen LogP contribution in [0.25, 0.3) is 0 Å². The van der Waals surface area contributed by atoms with Gasteiger partial charge in [0.25, 0.3) is 0 Å². The summed E-state index contributed by atoms with van der Waals surface area (Å²) in [6, 6.07) is 4.50. The monoisotopic (exact) mass is 279 g/mol. The summed E-state index contributed by atoms with van der Waals surface area (Å²) in [6.45, 7) is 0.901. The molecule has 3 nitrogen and oxygen atoms in total. The van der Waals surface area contributed by atoms with Crippen molar-refractivity contribution in [1.29, 1.82) is 0 Å². The van der Waals surface area contributed by atoms with E-state index in [0.717, 1.165) is 19.4 Å². The maximum Gasteiger partial charge on any atom is 0.320 e. The van der Waals surface area contributed by atoms with Gasteiger partial charge in [0.1, 0.15) is 6.04 Å². The van der Waals surface area contributed by atoms with E-state index in [4.69, 9.17) is 0 Å². The Morgan fingerprint density at radius 3 is 3.00 bits per heavy atom. The van der Waals surface area contributed by atoms with Gasteiger partial charge in [0.2, 0.25) is 0 Å². The van der Waals surface area contributed by atoms with E-state index in [0.29, 0.717) is 12.0 Å². The molecule has 3 atom stereocenters. The molecule has 1 N–H and O–H groups in total. The minimum atomic E-state index is -0.624. The van der Waals surface area contributed by atoms with Crippen molar-refractivity contribution in [3.05, 3.63) is 22.4 Å². The zero-order chi connectivity index (χ0) is 13.2. The Balaban J connectivity index is 1.69. The molecule has 0 unspecified atom stereocenters. The summed E-state index contributed by atoms with van der Waals surface area (Å²) < 4.78 is 0. The van der Waals surface area contributed by atoms with Crippen molar-refractivity contribution in [2.45, 2.75) is 50.6 Å². The lowest BCUT2D eigenvalue weighted by Crippen LogP contribution is -2.43. The highest BCUT2D eigenvalue weighted by molar-refractivity contribution is 7.09. The third-order valence-corrected chi connectivity index (χ3v) is 5.64. The molecule has 0 radical (unpaired) electrons. The molecule has 19 heavy (non-hydrogen) atoms. The van der Waals surface area contributed by atoms with E-state index in [2.05, 4.69) is 22.4 Å². The Kier molecular flexibility index (Phi) is 3.89. The Hall–Kier alpha value is -0.870. The fourth-order valence-corrected chi connectivity index (χ4v) is 4.51. The summed E-state index contributed by atoms with van der Waals surface area (Å²) in [7, 11) is 0. The first-order valence-electron chi connectivity index (χ1n) is 7.26. The molecule has 2 fully saturated rings. The van der Waals surface area contributed by atoms with Crippen LogP contribution in [0.2, 0.25) is 0 Å². The van der Waals surface area contributed by atoms with Crippen LogP contribution >= 0.6 is 11.3 Å². The Labute approximate surface area is 118 Å². The predicted molar refractivity (Wildman–Crippen MR) is 76.5 cm³/mol. The summed E-state index contributed by atoms with van der Waals surface area (Å²) in [5.41, 5.74) is 0. The van der Waals surface area contributed by atoms with E-state index >= 15 is 0 Å². The number of fused-ring (bicyclic) bond motifs is 1. The van der Waals surface area contributed by atoms with Crippen molar-refractivity contribution in [3.63, 3.8) is 0 Å². The van der Waals surface area contributed by atoms with E-state index in [1.807, 2.05) is 0 Å². The van der Waals surface area contributed by atoms with E-state index in [1.165, 1.54) is 30.6 Å². The normalized spacial score (nSPS) is 31.3. The summed E-state index contributed by atoms with van der Waals surface area (Å²) in [6.07, 6.45) is 6.83. The van der Waals surface area contributed by atoms with E-state index in [9.17, 15) is 9.90 Å². The van der Waals surface area contributed by atoms with Gasteiger partial charge in [-0.25, -0.2) is 0 Å². The SMILES string of the molecule is O=C(O)[C@@H]1C[C@@H]2CCCC[C@@H]2N1CCc1cccs1. The number of hydrogen-bond acceptors (Lipinski definition) is 3. The molecule has 104 valence electrons. The molecule has 1 aliphatic carbocycles. The molecule has 0 amide bonds. The molecule has 4 heteroatoms. The zero-order valence-electron chi connectivity index (χ0n) is 11.1. The van der Waals surface area contributed by atoms with Crippen molar-refractivity contribution < 1.29 is 9.90 Å². The minimum absolute atomic E-state index is 0.243. The van der Waals surface area contributed by atoms with Gasteiger partial charge < -0.3 is 5.11 Å². The van der Waals surface area contributed by atoms with Crippen LogP contribution in [0.5, 0.6) is 0 Å². The van der Waals surface area contributed by atoms with Gasteiger partial charge in [-0.05, 0) is 43.0 Å². The smallest absolute Gasteiger partial charge is 0.320 e. The maximum absolute atomic E-state index is 11.5. The lowest BCUT2D eigenvalue weighted by molar-refractivity contribution is -0.142. The number of carbonyl (C=O) groups is 1. The number of carboxylic acid groups (broad SMARTS) is 1. The zero-order valence-corrected chi connectivity index (χ0v) is 11.9. The van der Waals surface area contributed by atoms with Crippen molar-refractivity contribution in [1.82, 2.24) is 4.90 Å². The van der Waals surface area contributed by atoms with Crippen LogP contribution in [0.3, 0.4) is 0 Å². The van der Waals surface area contributed by atoms with Crippen molar-refractivity contribution in [2.75, 3.05) is 6.54 Å². The quantitative estimate of drug-likeness (QED) is 0.921. The van der Waals surface area contributed by atoms with Crippen LogP contribution in [-0.4, -0.2) is 34.6 Å². The molecule has 1 saturated heterocycles. The van der Waals surface area contributed by atoms with Gasteiger partial charge in [-0.3, -0.25) is 9.69 Å². The molecule has 3 rings (SSSR count). The van der Waals surface area contributed by atoms with E-state index in [-0.39, 0.29) is 6.04 Å². The molecule has 1 aliphatic heterocycles. The van der Waals surface area contributed by atoms with E-state index in [1.54, 1.807) is 11.3 Å². The lowest BCUT2D eigenvalue weighted by Gasteiger charge is -2.32. The van der Waals surface area contributed by atoms with Gasteiger partial charge in [0, 0.05) is 17.5 Å². The Morgan fingerprint density at radius 1 is 1.42 bits per heavy atom. The van der Waals surface area contributed by atoms with Crippen molar-refractivity contribution in [2.24, 2.45) is 5.92 Å². The molecule has 1 aromatic rings.